The van der Waals surface area contributed by atoms with Gasteiger partial charge < -0.3 is 9.84 Å². The number of rotatable bonds is 3. The van der Waals surface area contributed by atoms with Crippen LogP contribution in [0.4, 0.5) is 0 Å². The lowest BCUT2D eigenvalue weighted by Gasteiger charge is -2.01. The van der Waals surface area contributed by atoms with Gasteiger partial charge in [0.05, 0.1) is 6.42 Å². The van der Waals surface area contributed by atoms with Crippen molar-refractivity contribution in [1.29, 1.82) is 0 Å². The number of esters is 1. The fourth-order valence-corrected chi connectivity index (χ4v) is 0.805. The number of ether oxygens (including phenoxy) is 1. The maximum absolute atomic E-state index is 10.9. The highest BCUT2D eigenvalue weighted by Gasteiger charge is 2.01. The van der Waals surface area contributed by atoms with Crippen molar-refractivity contribution < 1.29 is 14.6 Å². The average Bonchev–Trinajstić information content (AvgIpc) is 2.09. The van der Waals surface area contributed by atoms with Crippen molar-refractivity contribution in [3.05, 3.63) is 36.9 Å². The van der Waals surface area contributed by atoms with Crippen molar-refractivity contribution in [3.63, 3.8) is 0 Å². The standard InChI is InChI=1S/C10H10O3/c1-2-3-10(12)13-9-6-4-8(11)5-7-9/h2,4-7,11H,1,3H2. The van der Waals surface area contributed by atoms with Crippen molar-refractivity contribution in [2.24, 2.45) is 0 Å². The number of hydrogen-bond acceptors (Lipinski definition) is 3. The van der Waals surface area contributed by atoms with Crippen LogP contribution in [0.5, 0.6) is 11.5 Å². The van der Waals surface area contributed by atoms with Crippen LogP contribution in [0.25, 0.3) is 0 Å². The van der Waals surface area contributed by atoms with Crippen LogP contribution in [-0.2, 0) is 4.79 Å². The van der Waals surface area contributed by atoms with Gasteiger partial charge in [0.2, 0.25) is 0 Å². The summed E-state index contributed by atoms with van der Waals surface area (Å²) in [6.07, 6.45) is 1.66. The molecule has 0 spiro atoms. The Morgan fingerprint density at radius 1 is 1.46 bits per heavy atom. The van der Waals surface area contributed by atoms with Gasteiger partial charge in [-0.1, -0.05) is 6.08 Å². The van der Waals surface area contributed by atoms with E-state index in [4.69, 9.17) is 9.84 Å². The van der Waals surface area contributed by atoms with Crippen molar-refractivity contribution in [2.45, 2.75) is 6.42 Å². The summed E-state index contributed by atoms with van der Waals surface area (Å²) in [4.78, 5) is 10.9. The molecular weight excluding hydrogens is 168 g/mol. The number of phenols is 1. The molecule has 0 aliphatic rings. The normalized spacial score (nSPS) is 9.23. The van der Waals surface area contributed by atoms with Crippen molar-refractivity contribution in [3.8, 4) is 11.5 Å². The Labute approximate surface area is 76.3 Å². The molecule has 1 N–H and O–H groups in total. The molecule has 0 fully saturated rings. The Morgan fingerprint density at radius 2 is 2.08 bits per heavy atom. The Morgan fingerprint density at radius 3 is 2.62 bits per heavy atom. The molecule has 1 rings (SSSR count). The molecule has 0 amide bonds. The molecule has 3 nitrogen and oxygen atoms in total. The molecule has 13 heavy (non-hydrogen) atoms. The lowest BCUT2D eigenvalue weighted by Crippen LogP contribution is -2.05. The topological polar surface area (TPSA) is 46.5 Å². The lowest BCUT2D eigenvalue weighted by atomic mass is 10.3. The second kappa shape index (κ2) is 4.30. The van der Waals surface area contributed by atoms with Crippen LogP contribution < -0.4 is 4.74 Å². The van der Waals surface area contributed by atoms with Gasteiger partial charge in [0.1, 0.15) is 11.5 Å². The summed E-state index contributed by atoms with van der Waals surface area (Å²) in [5.74, 6) is 0.203. The third-order valence-corrected chi connectivity index (χ3v) is 1.38. The van der Waals surface area contributed by atoms with Crippen LogP contribution in [0, 0.1) is 0 Å². The quantitative estimate of drug-likeness (QED) is 0.436. The minimum Gasteiger partial charge on any atom is -0.508 e. The van der Waals surface area contributed by atoms with E-state index in [1.54, 1.807) is 0 Å². The smallest absolute Gasteiger partial charge is 0.315 e. The van der Waals surface area contributed by atoms with Gasteiger partial charge in [0, 0.05) is 0 Å². The highest BCUT2D eigenvalue weighted by molar-refractivity contribution is 5.73. The van der Waals surface area contributed by atoms with Gasteiger partial charge in [0.25, 0.3) is 0 Å². The molecule has 0 aromatic heterocycles. The third kappa shape index (κ3) is 2.99. The van der Waals surface area contributed by atoms with E-state index >= 15 is 0 Å². The molecule has 0 saturated heterocycles. The molecule has 0 aliphatic heterocycles. The molecule has 0 radical (unpaired) electrons. The Hall–Kier alpha value is -1.77. The largest absolute Gasteiger partial charge is 0.508 e. The van der Waals surface area contributed by atoms with Crippen LogP contribution in [-0.4, -0.2) is 11.1 Å². The van der Waals surface area contributed by atoms with Gasteiger partial charge in [0.15, 0.2) is 0 Å². The predicted molar refractivity (Wildman–Crippen MR) is 48.6 cm³/mol. The van der Waals surface area contributed by atoms with Gasteiger partial charge >= 0.3 is 5.97 Å². The number of phenolic OH excluding ortho intramolecular Hbond substituents is 1. The van der Waals surface area contributed by atoms with E-state index in [0.717, 1.165) is 0 Å². The molecule has 1 aromatic rings. The minimum atomic E-state index is -0.360. The molecule has 0 aliphatic carbocycles. The lowest BCUT2D eigenvalue weighted by molar-refractivity contribution is -0.133. The maximum Gasteiger partial charge on any atom is 0.315 e. The van der Waals surface area contributed by atoms with Crippen molar-refractivity contribution in [2.75, 3.05) is 0 Å². The van der Waals surface area contributed by atoms with Crippen LogP contribution in [0.15, 0.2) is 36.9 Å². The maximum atomic E-state index is 10.9. The molecule has 3 heteroatoms. The third-order valence-electron chi connectivity index (χ3n) is 1.38. The van der Waals surface area contributed by atoms with E-state index < -0.39 is 0 Å². The number of aromatic hydroxyl groups is 1. The second-order valence-corrected chi connectivity index (χ2v) is 2.46. The fraction of sp³-hybridized carbons (Fsp3) is 0.100. The summed E-state index contributed by atoms with van der Waals surface area (Å²) in [6.45, 7) is 3.42. The molecule has 0 bridgehead atoms. The molecule has 1 aromatic carbocycles. The first-order valence-electron chi connectivity index (χ1n) is 3.83. The van der Waals surface area contributed by atoms with Gasteiger partial charge in [-0.15, -0.1) is 6.58 Å². The molecule has 0 unspecified atom stereocenters. The van der Waals surface area contributed by atoms with Crippen LogP contribution in [0.1, 0.15) is 6.42 Å². The summed E-state index contributed by atoms with van der Waals surface area (Å²) in [5, 5.41) is 8.94. The van der Waals surface area contributed by atoms with E-state index in [0.29, 0.717) is 5.75 Å². The van der Waals surface area contributed by atoms with Gasteiger partial charge in [-0.2, -0.15) is 0 Å². The van der Waals surface area contributed by atoms with Gasteiger partial charge in [-0.25, -0.2) is 0 Å². The number of carbonyl (C=O) groups excluding carboxylic acids is 1. The molecule has 0 heterocycles. The number of hydrogen-bond donors (Lipinski definition) is 1. The zero-order chi connectivity index (χ0) is 9.68. The first-order chi connectivity index (χ1) is 6.22. The first kappa shape index (κ1) is 9.32. The minimum absolute atomic E-state index is 0.142. The molecule has 0 atom stereocenters. The number of benzene rings is 1. The van der Waals surface area contributed by atoms with E-state index in [9.17, 15) is 4.79 Å². The highest BCUT2D eigenvalue weighted by Crippen LogP contribution is 2.16. The summed E-state index contributed by atoms with van der Waals surface area (Å²) < 4.78 is 4.89. The van der Waals surface area contributed by atoms with Crippen LogP contribution >= 0.6 is 0 Å². The number of carbonyl (C=O) groups is 1. The first-order valence-corrected chi connectivity index (χ1v) is 3.83. The molecule has 0 saturated carbocycles. The zero-order valence-electron chi connectivity index (χ0n) is 7.06. The fourth-order valence-electron chi connectivity index (χ4n) is 0.805. The van der Waals surface area contributed by atoms with Crippen LogP contribution in [0.2, 0.25) is 0 Å². The summed E-state index contributed by atoms with van der Waals surface area (Å²) in [5.41, 5.74) is 0. The van der Waals surface area contributed by atoms with E-state index in [2.05, 4.69) is 6.58 Å². The second-order valence-electron chi connectivity index (χ2n) is 2.46. The molecule has 68 valence electrons. The van der Waals surface area contributed by atoms with Gasteiger partial charge in [-0.05, 0) is 24.3 Å². The van der Waals surface area contributed by atoms with Gasteiger partial charge in [-0.3, -0.25) is 4.79 Å². The zero-order valence-corrected chi connectivity index (χ0v) is 7.06. The van der Waals surface area contributed by atoms with Crippen LogP contribution in [0.3, 0.4) is 0 Å². The summed E-state index contributed by atoms with van der Waals surface area (Å²) >= 11 is 0. The Balaban J connectivity index is 2.59. The monoisotopic (exact) mass is 178 g/mol. The Bertz CT molecular complexity index is 300. The summed E-state index contributed by atoms with van der Waals surface area (Å²) in [7, 11) is 0. The van der Waals surface area contributed by atoms with E-state index in [1.807, 2.05) is 0 Å². The highest BCUT2D eigenvalue weighted by atomic mass is 16.5. The SMILES string of the molecule is C=CCC(=O)Oc1ccc(O)cc1. The van der Waals surface area contributed by atoms with Crippen molar-refractivity contribution >= 4 is 5.97 Å². The average molecular weight is 178 g/mol. The summed E-state index contributed by atoms with van der Waals surface area (Å²) in [6, 6.07) is 5.96. The van der Waals surface area contributed by atoms with E-state index in [1.165, 1.54) is 30.3 Å². The van der Waals surface area contributed by atoms with Crippen molar-refractivity contribution in [1.82, 2.24) is 0 Å². The van der Waals surface area contributed by atoms with E-state index in [-0.39, 0.29) is 18.1 Å². The predicted octanol–water partition coefficient (Wildman–Crippen LogP) is 1.87. The Kier molecular flexibility index (Phi) is 3.09. The molecular formula is C10H10O3.